The minimum atomic E-state index is -0.254. The van der Waals surface area contributed by atoms with Crippen LogP contribution in [0.3, 0.4) is 0 Å². The molecule has 42 heavy (non-hydrogen) atoms. The van der Waals surface area contributed by atoms with Crippen LogP contribution in [-0.4, -0.2) is 34.3 Å². The Morgan fingerprint density at radius 3 is 1.93 bits per heavy atom. The van der Waals surface area contributed by atoms with Gasteiger partial charge in [-0.05, 0) is 52.9 Å². The molecule has 0 atom stereocenters. The molecule has 4 aromatic carbocycles. The van der Waals surface area contributed by atoms with Gasteiger partial charge in [0.2, 0.25) is 0 Å². The minimum Gasteiger partial charge on any atom is -0.497 e. The minimum absolute atomic E-state index is 0.0717. The Kier molecular flexibility index (Phi) is 10.1. The van der Waals surface area contributed by atoms with E-state index in [1.54, 1.807) is 19.2 Å². The number of methoxy groups -OCH3 is 1. The average Bonchev–Trinajstić information content (AvgIpc) is 3.50. The first-order valence-electron chi connectivity index (χ1n) is 14.0. The molecule has 1 amide bonds. The van der Waals surface area contributed by atoms with E-state index in [2.05, 4.69) is 17.0 Å². The normalized spacial score (nSPS) is 11.0. The van der Waals surface area contributed by atoms with Crippen molar-refractivity contribution in [2.45, 2.75) is 32.6 Å². The first-order chi connectivity index (χ1) is 20.6. The summed E-state index contributed by atoms with van der Waals surface area (Å²) in [6.45, 7) is 2.96. The third kappa shape index (κ3) is 8.35. The number of carbonyl (C=O) groups excluding carboxylic acids is 1. The third-order valence-corrected chi connectivity index (χ3v) is 7.86. The van der Waals surface area contributed by atoms with Crippen molar-refractivity contribution in [1.29, 1.82) is 0 Å². The van der Waals surface area contributed by atoms with E-state index in [1.807, 2.05) is 83.1 Å². The van der Waals surface area contributed by atoms with Gasteiger partial charge in [-0.3, -0.25) is 9.69 Å². The second kappa shape index (κ2) is 14.5. The number of ether oxygens (including phenoxy) is 1. The van der Waals surface area contributed by atoms with Crippen LogP contribution < -0.4 is 4.74 Å². The summed E-state index contributed by atoms with van der Waals surface area (Å²) in [4.78, 5) is 22.7. The van der Waals surface area contributed by atoms with Crippen molar-refractivity contribution in [3.05, 3.63) is 153 Å². The van der Waals surface area contributed by atoms with Crippen LogP contribution in [0.25, 0.3) is 0 Å². The van der Waals surface area contributed by atoms with Gasteiger partial charge in [-0.2, -0.15) is 0 Å². The Labute approximate surface area is 250 Å². The first-order valence-corrected chi connectivity index (χ1v) is 14.8. The topological polar surface area (TPSA) is 45.7 Å². The number of carbonyl (C=O) groups is 1. The smallest absolute Gasteiger partial charge is 0.273 e. The van der Waals surface area contributed by atoms with Gasteiger partial charge in [0.25, 0.3) is 5.91 Å². The maximum atomic E-state index is 13.8. The summed E-state index contributed by atoms with van der Waals surface area (Å²) < 4.78 is 18.9. The molecule has 0 aliphatic rings. The number of thiazole rings is 1. The molecule has 5 rings (SSSR count). The quantitative estimate of drug-likeness (QED) is 0.146. The Bertz CT molecular complexity index is 1540. The molecule has 0 aliphatic carbocycles. The van der Waals surface area contributed by atoms with E-state index in [0.717, 1.165) is 33.9 Å². The predicted octanol–water partition coefficient (Wildman–Crippen LogP) is 7.38. The summed E-state index contributed by atoms with van der Waals surface area (Å²) in [7, 11) is 1.65. The summed E-state index contributed by atoms with van der Waals surface area (Å²) >= 11 is 1.49. The lowest BCUT2D eigenvalue weighted by molar-refractivity contribution is 0.0739. The standard InChI is InChI=1S/C35H34FN3O2S/c1-41-32-18-14-30(15-19-32)23-38(22-29-12-16-31(36)17-13-29)25-34-37-33(26-42-34)35(40)39(24-28-10-6-3-7-11-28)21-20-27-8-4-2-5-9-27/h2-19,26H,20-25H2,1H3. The SMILES string of the molecule is COc1ccc(CN(Cc2ccc(F)cc2)Cc2nc(C(=O)N(CCc3ccccc3)Cc3ccccc3)cs2)cc1. The number of halogens is 1. The highest BCUT2D eigenvalue weighted by Gasteiger charge is 2.20. The Morgan fingerprint density at radius 2 is 1.31 bits per heavy atom. The summed E-state index contributed by atoms with van der Waals surface area (Å²) in [6.07, 6.45) is 0.768. The van der Waals surface area contributed by atoms with Gasteiger partial charge in [-0.1, -0.05) is 84.9 Å². The fourth-order valence-electron chi connectivity index (χ4n) is 4.80. The van der Waals surface area contributed by atoms with Crippen LogP contribution in [0.2, 0.25) is 0 Å². The van der Waals surface area contributed by atoms with Crippen molar-refractivity contribution in [2.75, 3.05) is 13.7 Å². The van der Waals surface area contributed by atoms with E-state index in [9.17, 15) is 9.18 Å². The number of nitrogens with zero attached hydrogens (tertiary/aromatic N) is 3. The van der Waals surface area contributed by atoms with Gasteiger partial charge in [0.15, 0.2) is 0 Å². The highest BCUT2D eigenvalue weighted by molar-refractivity contribution is 7.09. The van der Waals surface area contributed by atoms with E-state index in [1.165, 1.54) is 29.0 Å². The number of hydrogen-bond acceptors (Lipinski definition) is 5. The summed E-state index contributed by atoms with van der Waals surface area (Å²) in [5.74, 6) is 0.479. The van der Waals surface area contributed by atoms with Crippen molar-refractivity contribution in [2.24, 2.45) is 0 Å². The zero-order valence-corrected chi connectivity index (χ0v) is 24.5. The van der Waals surface area contributed by atoms with Gasteiger partial charge >= 0.3 is 0 Å². The summed E-state index contributed by atoms with van der Waals surface area (Å²) in [5, 5.41) is 2.72. The lowest BCUT2D eigenvalue weighted by Gasteiger charge is -2.23. The van der Waals surface area contributed by atoms with Gasteiger partial charge < -0.3 is 9.64 Å². The maximum Gasteiger partial charge on any atom is 0.273 e. The van der Waals surface area contributed by atoms with Gasteiger partial charge in [0.05, 0.1) is 13.7 Å². The van der Waals surface area contributed by atoms with Crippen molar-refractivity contribution < 1.29 is 13.9 Å². The van der Waals surface area contributed by atoms with Gasteiger partial charge in [0.1, 0.15) is 22.3 Å². The van der Waals surface area contributed by atoms with Crippen LogP contribution in [0, 0.1) is 5.82 Å². The molecular weight excluding hydrogens is 545 g/mol. The third-order valence-electron chi connectivity index (χ3n) is 7.03. The van der Waals surface area contributed by atoms with Crippen molar-refractivity contribution in [1.82, 2.24) is 14.8 Å². The molecule has 0 unspecified atom stereocenters. The molecule has 214 valence electrons. The Balaban J connectivity index is 1.32. The monoisotopic (exact) mass is 579 g/mol. The second-order valence-corrected chi connectivity index (χ2v) is 11.1. The molecule has 0 N–H and O–H groups in total. The number of rotatable bonds is 13. The molecule has 1 aromatic heterocycles. The molecule has 0 radical (unpaired) electrons. The Hall–Kier alpha value is -4.33. The van der Waals surface area contributed by atoms with Gasteiger partial charge in [0, 0.05) is 31.6 Å². The number of benzene rings is 4. The highest BCUT2D eigenvalue weighted by atomic mass is 32.1. The molecule has 7 heteroatoms. The molecule has 0 saturated heterocycles. The zero-order chi connectivity index (χ0) is 29.1. The van der Waals surface area contributed by atoms with Gasteiger partial charge in [-0.25, -0.2) is 9.37 Å². The van der Waals surface area contributed by atoms with Gasteiger partial charge in [-0.15, -0.1) is 11.3 Å². The molecule has 0 aliphatic heterocycles. The first kappa shape index (κ1) is 29.2. The molecular formula is C35H34FN3O2S. The van der Waals surface area contributed by atoms with Crippen LogP contribution in [0.5, 0.6) is 5.75 Å². The van der Waals surface area contributed by atoms with Crippen LogP contribution >= 0.6 is 11.3 Å². The van der Waals surface area contributed by atoms with Crippen LogP contribution in [-0.2, 0) is 32.6 Å². The second-order valence-electron chi connectivity index (χ2n) is 10.2. The number of hydrogen-bond donors (Lipinski definition) is 0. The van der Waals surface area contributed by atoms with E-state index in [4.69, 9.17) is 9.72 Å². The van der Waals surface area contributed by atoms with E-state index in [0.29, 0.717) is 38.4 Å². The largest absolute Gasteiger partial charge is 0.497 e. The fourth-order valence-corrected chi connectivity index (χ4v) is 5.61. The molecule has 5 aromatic rings. The summed E-state index contributed by atoms with van der Waals surface area (Å²) in [5.41, 5.74) is 4.87. The maximum absolute atomic E-state index is 13.8. The van der Waals surface area contributed by atoms with E-state index in [-0.39, 0.29) is 11.7 Å². The van der Waals surface area contributed by atoms with Crippen LogP contribution in [0.1, 0.15) is 37.7 Å². The average molecular weight is 580 g/mol. The molecule has 0 spiro atoms. The lowest BCUT2D eigenvalue weighted by Crippen LogP contribution is -2.33. The van der Waals surface area contributed by atoms with E-state index >= 15 is 0 Å². The number of aromatic nitrogens is 1. The molecule has 0 fully saturated rings. The predicted molar refractivity (Wildman–Crippen MR) is 166 cm³/mol. The Morgan fingerprint density at radius 1 is 0.738 bits per heavy atom. The van der Waals surface area contributed by atoms with Crippen LogP contribution in [0.4, 0.5) is 4.39 Å². The van der Waals surface area contributed by atoms with Crippen molar-refractivity contribution >= 4 is 17.2 Å². The van der Waals surface area contributed by atoms with Crippen LogP contribution in [0.15, 0.2) is 115 Å². The van der Waals surface area contributed by atoms with Crippen molar-refractivity contribution in [3.8, 4) is 5.75 Å². The molecule has 0 saturated carbocycles. The number of amides is 1. The summed E-state index contributed by atoms with van der Waals surface area (Å²) in [6, 6.07) is 34.8. The lowest BCUT2D eigenvalue weighted by atomic mass is 10.1. The molecule has 1 heterocycles. The fraction of sp³-hybridized carbons (Fsp3) is 0.200. The molecule has 5 nitrogen and oxygen atoms in total. The van der Waals surface area contributed by atoms with E-state index < -0.39 is 0 Å². The highest BCUT2D eigenvalue weighted by Crippen LogP contribution is 2.21. The molecule has 0 bridgehead atoms. The van der Waals surface area contributed by atoms with Crippen molar-refractivity contribution in [3.63, 3.8) is 0 Å². The zero-order valence-electron chi connectivity index (χ0n) is 23.7.